The van der Waals surface area contributed by atoms with Crippen LogP contribution < -0.4 is 10.5 Å². The fourth-order valence-corrected chi connectivity index (χ4v) is 1.93. The van der Waals surface area contributed by atoms with Gasteiger partial charge >= 0.3 is 0 Å². The number of nitrogens with two attached hydrogens (primary N) is 1. The smallest absolute Gasteiger partial charge is 0.119 e. The van der Waals surface area contributed by atoms with Crippen LogP contribution in [-0.4, -0.2) is 13.2 Å². The van der Waals surface area contributed by atoms with E-state index in [0.717, 1.165) is 18.8 Å². The second-order valence-corrected chi connectivity index (χ2v) is 6.14. The van der Waals surface area contributed by atoms with Crippen molar-refractivity contribution in [3.05, 3.63) is 29.3 Å². The van der Waals surface area contributed by atoms with Crippen LogP contribution in [0.25, 0.3) is 0 Å². The summed E-state index contributed by atoms with van der Waals surface area (Å²) in [7, 11) is 0. The molecule has 0 amide bonds. The molecular formula is C16H27NO. The molecule has 0 aliphatic rings. The highest BCUT2D eigenvalue weighted by molar-refractivity contribution is 5.36. The summed E-state index contributed by atoms with van der Waals surface area (Å²) in [4.78, 5) is 0. The molecule has 1 aromatic rings. The molecule has 1 aromatic carbocycles. The van der Waals surface area contributed by atoms with Crippen molar-refractivity contribution >= 4 is 0 Å². The molecule has 2 heteroatoms. The lowest BCUT2D eigenvalue weighted by Gasteiger charge is -2.22. The summed E-state index contributed by atoms with van der Waals surface area (Å²) in [5, 5.41) is 0. The van der Waals surface area contributed by atoms with Gasteiger partial charge in [0.1, 0.15) is 5.75 Å². The van der Waals surface area contributed by atoms with Crippen LogP contribution in [0.5, 0.6) is 5.75 Å². The van der Waals surface area contributed by atoms with Gasteiger partial charge in [-0.1, -0.05) is 33.8 Å². The fourth-order valence-electron chi connectivity index (χ4n) is 1.93. The first-order valence-electron chi connectivity index (χ1n) is 6.79. The van der Waals surface area contributed by atoms with Crippen molar-refractivity contribution in [2.45, 2.75) is 47.0 Å². The van der Waals surface area contributed by atoms with E-state index in [2.05, 4.69) is 52.8 Å². The average Bonchev–Trinajstić information content (AvgIpc) is 2.28. The van der Waals surface area contributed by atoms with Crippen LogP contribution in [0.2, 0.25) is 0 Å². The number of aryl methyl sites for hydroxylation is 1. The Morgan fingerprint density at radius 2 is 1.94 bits per heavy atom. The molecule has 0 fully saturated rings. The third-order valence-electron chi connectivity index (χ3n) is 3.46. The van der Waals surface area contributed by atoms with Crippen LogP contribution in [0.1, 0.15) is 51.2 Å². The predicted octanol–water partition coefficient (Wildman–Crippen LogP) is 3.87. The molecule has 0 radical (unpaired) electrons. The van der Waals surface area contributed by atoms with Gasteiger partial charge in [-0.15, -0.1) is 0 Å². The second kappa shape index (κ2) is 6.24. The highest BCUT2D eigenvalue weighted by Gasteiger charge is 2.15. The minimum atomic E-state index is 0.160. The maximum Gasteiger partial charge on any atom is 0.119 e. The Morgan fingerprint density at radius 3 is 2.44 bits per heavy atom. The van der Waals surface area contributed by atoms with Crippen molar-refractivity contribution in [1.29, 1.82) is 0 Å². The quantitative estimate of drug-likeness (QED) is 0.830. The maximum atomic E-state index is 5.80. The highest BCUT2D eigenvalue weighted by atomic mass is 16.5. The van der Waals surface area contributed by atoms with Gasteiger partial charge in [-0.05, 0) is 54.5 Å². The van der Waals surface area contributed by atoms with Gasteiger partial charge in [-0.25, -0.2) is 0 Å². The molecule has 0 bridgehead atoms. The minimum Gasteiger partial charge on any atom is -0.494 e. The molecule has 1 rings (SSSR count). The molecule has 102 valence electrons. The third-order valence-corrected chi connectivity index (χ3v) is 3.46. The summed E-state index contributed by atoms with van der Waals surface area (Å²) in [5.74, 6) is 1.53. The number of benzene rings is 1. The molecule has 18 heavy (non-hydrogen) atoms. The van der Waals surface area contributed by atoms with E-state index in [1.165, 1.54) is 11.1 Å². The first-order valence-corrected chi connectivity index (χ1v) is 6.79. The number of rotatable bonds is 6. The molecule has 0 heterocycles. The van der Waals surface area contributed by atoms with Gasteiger partial charge in [-0.3, -0.25) is 0 Å². The zero-order chi connectivity index (χ0) is 13.8. The Balaban J connectivity index is 2.57. The number of hydrogen-bond donors (Lipinski definition) is 1. The molecule has 2 nitrogen and oxygen atoms in total. The van der Waals surface area contributed by atoms with Gasteiger partial charge in [-0.2, -0.15) is 0 Å². The van der Waals surface area contributed by atoms with Gasteiger partial charge in [0.2, 0.25) is 0 Å². The third kappa shape index (κ3) is 4.34. The molecule has 0 aliphatic heterocycles. The van der Waals surface area contributed by atoms with E-state index in [9.17, 15) is 0 Å². The lowest BCUT2D eigenvalue weighted by atomic mass is 9.90. The predicted molar refractivity (Wildman–Crippen MR) is 78.2 cm³/mol. The zero-order valence-corrected chi connectivity index (χ0v) is 12.4. The van der Waals surface area contributed by atoms with Crippen LogP contribution in [0.15, 0.2) is 18.2 Å². The lowest BCUT2D eigenvalue weighted by Crippen LogP contribution is -2.25. The van der Waals surface area contributed by atoms with E-state index in [-0.39, 0.29) is 5.41 Å². The standard InChI is InChI=1S/C16H27NO/c1-12(2)15-7-6-14(10-13(15)3)18-9-8-16(4,5)11-17/h6-7,10,12H,8-9,11,17H2,1-5H3. The zero-order valence-electron chi connectivity index (χ0n) is 12.4. The largest absolute Gasteiger partial charge is 0.494 e. The molecule has 2 N–H and O–H groups in total. The highest BCUT2D eigenvalue weighted by Crippen LogP contribution is 2.24. The summed E-state index contributed by atoms with van der Waals surface area (Å²) in [5.41, 5.74) is 8.57. The summed E-state index contributed by atoms with van der Waals surface area (Å²) in [6.45, 7) is 12.3. The van der Waals surface area contributed by atoms with Gasteiger partial charge in [0.15, 0.2) is 0 Å². The second-order valence-electron chi connectivity index (χ2n) is 6.14. The summed E-state index contributed by atoms with van der Waals surface area (Å²) in [6, 6.07) is 6.37. The van der Waals surface area contributed by atoms with E-state index in [1.54, 1.807) is 0 Å². The normalized spacial score (nSPS) is 11.9. The van der Waals surface area contributed by atoms with E-state index in [1.807, 2.05) is 0 Å². The molecular weight excluding hydrogens is 222 g/mol. The molecule has 0 atom stereocenters. The van der Waals surface area contributed by atoms with Gasteiger partial charge < -0.3 is 10.5 Å². The topological polar surface area (TPSA) is 35.2 Å². The first kappa shape index (κ1) is 15.0. The van der Waals surface area contributed by atoms with Crippen molar-refractivity contribution in [3.63, 3.8) is 0 Å². The molecule has 0 unspecified atom stereocenters. The molecule has 0 aliphatic carbocycles. The van der Waals surface area contributed by atoms with E-state index < -0.39 is 0 Å². The Bertz CT molecular complexity index is 383. The van der Waals surface area contributed by atoms with Crippen LogP contribution in [0.4, 0.5) is 0 Å². The van der Waals surface area contributed by atoms with Crippen molar-refractivity contribution in [3.8, 4) is 5.75 Å². The summed E-state index contributed by atoms with van der Waals surface area (Å²) >= 11 is 0. The number of ether oxygens (including phenoxy) is 1. The molecule has 0 saturated carbocycles. The van der Waals surface area contributed by atoms with Crippen LogP contribution in [0, 0.1) is 12.3 Å². The Morgan fingerprint density at radius 1 is 1.28 bits per heavy atom. The minimum absolute atomic E-state index is 0.160. The molecule has 0 aromatic heterocycles. The maximum absolute atomic E-state index is 5.80. The fraction of sp³-hybridized carbons (Fsp3) is 0.625. The average molecular weight is 249 g/mol. The van der Waals surface area contributed by atoms with Gasteiger partial charge in [0.25, 0.3) is 0 Å². The molecule has 0 saturated heterocycles. The summed E-state index contributed by atoms with van der Waals surface area (Å²) < 4.78 is 5.80. The Labute approximate surface area is 112 Å². The van der Waals surface area contributed by atoms with Gasteiger partial charge in [0.05, 0.1) is 6.61 Å². The van der Waals surface area contributed by atoms with Crippen LogP contribution in [0.3, 0.4) is 0 Å². The van der Waals surface area contributed by atoms with Crippen molar-refractivity contribution in [1.82, 2.24) is 0 Å². The summed E-state index contributed by atoms with van der Waals surface area (Å²) in [6.07, 6.45) is 0.981. The van der Waals surface area contributed by atoms with E-state index >= 15 is 0 Å². The van der Waals surface area contributed by atoms with Crippen molar-refractivity contribution in [2.24, 2.45) is 11.1 Å². The van der Waals surface area contributed by atoms with Crippen molar-refractivity contribution < 1.29 is 4.74 Å². The lowest BCUT2D eigenvalue weighted by molar-refractivity contribution is 0.233. The Hall–Kier alpha value is -1.02. The first-order chi connectivity index (χ1) is 8.35. The number of hydrogen-bond acceptors (Lipinski definition) is 2. The molecule has 0 spiro atoms. The van der Waals surface area contributed by atoms with Crippen LogP contribution in [-0.2, 0) is 0 Å². The van der Waals surface area contributed by atoms with Crippen LogP contribution >= 0.6 is 0 Å². The Kier molecular flexibility index (Phi) is 5.21. The SMILES string of the molecule is Cc1cc(OCCC(C)(C)CN)ccc1C(C)C. The van der Waals surface area contributed by atoms with E-state index in [0.29, 0.717) is 12.5 Å². The van der Waals surface area contributed by atoms with Crippen molar-refractivity contribution in [2.75, 3.05) is 13.2 Å². The monoisotopic (exact) mass is 249 g/mol. The van der Waals surface area contributed by atoms with E-state index in [4.69, 9.17) is 10.5 Å². The van der Waals surface area contributed by atoms with Gasteiger partial charge in [0, 0.05) is 0 Å².